The zero-order valence-electron chi connectivity index (χ0n) is 10.8. The minimum Gasteiger partial charge on any atom is -0.545 e. The maximum atomic E-state index is 13.4. The second kappa shape index (κ2) is 4.80. The van der Waals surface area contributed by atoms with Crippen LogP contribution in [0.15, 0.2) is 29.2 Å². The maximum Gasteiger partial charge on any atom is 0.196 e. The fraction of sp³-hybridized carbons (Fsp3) is 0.200. The van der Waals surface area contributed by atoms with Crippen LogP contribution in [0, 0.1) is 11.6 Å². The van der Waals surface area contributed by atoms with Crippen molar-refractivity contribution in [3.05, 3.63) is 51.8 Å². The van der Waals surface area contributed by atoms with E-state index in [2.05, 4.69) is 0 Å². The molecule has 0 bridgehead atoms. The monoisotopic (exact) mass is 290 g/mol. The van der Waals surface area contributed by atoms with Gasteiger partial charge in [0, 0.05) is 29.3 Å². The number of rotatable bonds is 3. The van der Waals surface area contributed by atoms with E-state index in [9.17, 15) is 23.5 Å². The van der Waals surface area contributed by atoms with Gasteiger partial charge < -0.3 is 14.5 Å². The Bertz CT molecular complexity index is 835. The molecule has 0 aliphatic heterocycles. The van der Waals surface area contributed by atoms with E-state index < -0.39 is 23.0 Å². The summed E-state index contributed by atoms with van der Waals surface area (Å²) < 4.78 is 28.5. The first-order valence-corrected chi connectivity index (χ1v) is 6.40. The molecule has 21 heavy (non-hydrogen) atoms. The van der Waals surface area contributed by atoms with E-state index in [0.29, 0.717) is 5.52 Å². The molecule has 1 aliphatic carbocycles. The Labute approximate surface area is 117 Å². The molecule has 0 amide bonds. The maximum absolute atomic E-state index is 13.4. The van der Waals surface area contributed by atoms with Gasteiger partial charge in [-0.1, -0.05) is 0 Å². The van der Waals surface area contributed by atoms with Crippen molar-refractivity contribution in [2.45, 2.75) is 18.9 Å². The lowest BCUT2D eigenvalue weighted by Gasteiger charge is -2.12. The molecule has 1 aromatic carbocycles. The molecule has 0 spiro atoms. The summed E-state index contributed by atoms with van der Waals surface area (Å²) in [6.07, 6.45) is 5.07. The van der Waals surface area contributed by atoms with Gasteiger partial charge in [-0.25, -0.2) is 8.78 Å². The largest absolute Gasteiger partial charge is 0.545 e. The first kappa shape index (κ1) is 13.5. The number of hydrogen-bond donors (Lipinski definition) is 0. The van der Waals surface area contributed by atoms with E-state index in [1.54, 1.807) is 4.57 Å². The summed E-state index contributed by atoms with van der Waals surface area (Å²) in [5, 5.41) is 10.5. The number of carboxylic acid groups (broad SMARTS) is 1. The van der Waals surface area contributed by atoms with Crippen LogP contribution in [-0.4, -0.2) is 10.5 Å². The van der Waals surface area contributed by atoms with E-state index in [4.69, 9.17) is 0 Å². The summed E-state index contributed by atoms with van der Waals surface area (Å²) in [7, 11) is 0. The molecule has 0 saturated heterocycles. The Hall–Kier alpha value is -2.50. The molecule has 108 valence electrons. The van der Waals surface area contributed by atoms with Gasteiger partial charge in [0.05, 0.1) is 11.5 Å². The van der Waals surface area contributed by atoms with E-state index in [0.717, 1.165) is 37.1 Å². The lowest BCUT2D eigenvalue weighted by Crippen LogP contribution is -2.19. The summed E-state index contributed by atoms with van der Waals surface area (Å²) in [6, 6.07) is 1.96. The van der Waals surface area contributed by atoms with Crippen LogP contribution in [0.3, 0.4) is 0 Å². The topological polar surface area (TPSA) is 62.1 Å². The minimum absolute atomic E-state index is 0.0290. The zero-order chi connectivity index (χ0) is 15.1. The van der Waals surface area contributed by atoms with Crippen LogP contribution >= 0.6 is 0 Å². The first-order chi connectivity index (χ1) is 9.97. The Balaban J connectivity index is 2.31. The standard InChI is InChI=1S/C15H11F2NO3/c16-11-5-10-13(6-12(11)17)18(9-2-3-9)7-8(15(10)21)1-4-14(19)20/h1,4-7,9H,2-3H2,(H,19,20)/p-1/b4-1+. The van der Waals surface area contributed by atoms with Gasteiger partial charge in [0.15, 0.2) is 17.1 Å². The third-order valence-corrected chi connectivity index (χ3v) is 3.44. The molecule has 0 atom stereocenters. The highest BCUT2D eigenvalue weighted by atomic mass is 19.2. The number of fused-ring (bicyclic) bond motifs is 1. The quantitative estimate of drug-likeness (QED) is 0.802. The molecule has 6 heteroatoms. The zero-order valence-corrected chi connectivity index (χ0v) is 10.8. The predicted octanol–water partition coefficient (Wildman–Crippen LogP) is 1.38. The average Bonchev–Trinajstić information content (AvgIpc) is 3.25. The number of pyridine rings is 1. The average molecular weight is 290 g/mol. The van der Waals surface area contributed by atoms with Gasteiger partial charge in [-0.15, -0.1) is 0 Å². The molecule has 0 N–H and O–H groups in total. The predicted molar refractivity (Wildman–Crippen MR) is 70.4 cm³/mol. The normalized spacial score (nSPS) is 15.0. The third kappa shape index (κ3) is 2.44. The van der Waals surface area contributed by atoms with Crippen molar-refractivity contribution >= 4 is 22.9 Å². The van der Waals surface area contributed by atoms with Crippen molar-refractivity contribution in [1.29, 1.82) is 0 Å². The first-order valence-electron chi connectivity index (χ1n) is 6.40. The molecule has 2 aromatic rings. The van der Waals surface area contributed by atoms with Crippen LogP contribution in [0.4, 0.5) is 8.78 Å². The highest BCUT2D eigenvalue weighted by Gasteiger charge is 2.25. The second-order valence-corrected chi connectivity index (χ2v) is 4.99. The molecule has 4 nitrogen and oxygen atoms in total. The SMILES string of the molecule is O=C([O-])/C=C/c1cn(C2CC2)c2cc(F)c(F)cc2c1=O. The summed E-state index contributed by atoms with van der Waals surface area (Å²) in [4.78, 5) is 22.7. The fourth-order valence-electron chi connectivity index (χ4n) is 2.30. The number of aliphatic carboxylic acids is 1. The molecule has 0 radical (unpaired) electrons. The van der Waals surface area contributed by atoms with Crippen molar-refractivity contribution in [2.24, 2.45) is 0 Å². The molecule has 3 rings (SSSR count). The molecule has 1 saturated carbocycles. The second-order valence-electron chi connectivity index (χ2n) is 4.99. The summed E-state index contributed by atoms with van der Waals surface area (Å²) in [6.45, 7) is 0. The molecular weight excluding hydrogens is 280 g/mol. The van der Waals surface area contributed by atoms with Crippen LogP contribution < -0.4 is 10.5 Å². The summed E-state index contributed by atoms with van der Waals surface area (Å²) in [5.74, 6) is -3.56. The van der Waals surface area contributed by atoms with Crippen LogP contribution in [0.25, 0.3) is 17.0 Å². The molecule has 1 fully saturated rings. The van der Waals surface area contributed by atoms with Gasteiger partial charge in [0.1, 0.15) is 0 Å². The van der Waals surface area contributed by atoms with Gasteiger partial charge in [-0.05, 0) is 31.1 Å². The third-order valence-electron chi connectivity index (χ3n) is 3.44. The van der Waals surface area contributed by atoms with Crippen molar-refractivity contribution < 1.29 is 18.7 Å². The number of halogens is 2. The summed E-state index contributed by atoms with van der Waals surface area (Å²) >= 11 is 0. The number of carbonyl (C=O) groups is 1. The molecular formula is C15H10F2NO3-. The number of hydrogen-bond acceptors (Lipinski definition) is 3. The van der Waals surface area contributed by atoms with Crippen molar-refractivity contribution in [3.8, 4) is 0 Å². The van der Waals surface area contributed by atoms with E-state index in [-0.39, 0.29) is 17.0 Å². The number of aromatic nitrogens is 1. The Morgan fingerprint density at radius 3 is 2.57 bits per heavy atom. The Morgan fingerprint density at radius 1 is 1.29 bits per heavy atom. The molecule has 1 aliphatic rings. The van der Waals surface area contributed by atoms with Crippen molar-refractivity contribution in [1.82, 2.24) is 4.57 Å². The van der Waals surface area contributed by atoms with Crippen LogP contribution in [0.2, 0.25) is 0 Å². The lowest BCUT2D eigenvalue weighted by molar-refractivity contribution is -0.297. The number of nitrogens with zero attached hydrogens (tertiary/aromatic N) is 1. The Kier molecular flexibility index (Phi) is 3.08. The van der Waals surface area contributed by atoms with Crippen LogP contribution in [-0.2, 0) is 4.79 Å². The van der Waals surface area contributed by atoms with Gasteiger partial charge in [-0.3, -0.25) is 4.79 Å². The minimum atomic E-state index is -1.43. The van der Waals surface area contributed by atoms with E-state index in [1.165, 1.54) is 6.20 Å². The number of carboxylic acids is 1. The Morgan fingerprint density at radius 2 is 1.95 bits per heavy atom. The highest BCUT2D eigenvalue weighted by molar-refractivity contribution is 5.86. The highest BCUT2D eigenvalue weighted by Crippen LogP contribution is 2.37. The van der Waals surface area contributed by atoms with Gasteiger partial charge in [0.2, 0.25) is 0 Å². The van der Waals surface area contributed by atoms with Crippen LogP contribution in [0.5, 0.6) is 0 Å². The van der Waals surface area contributed by atoms with Gasteiger partial charge >= 0.3 is 0 Å². The van der Waals surface area contributed by atoms with Gasteiger partial charge in [0.25, 0.3) is 0 Å². The molecule has 1 heterocycles. The smallest absolute Gasteiger partial charge is 0.196 e. The fourth-order valence-corrected chi connectivity index (χ4v) is 2.30. The molecule has 0 unspecified atom stereocenters. The van der Waals surface area contributed by atoms with E-state index >= 15 is 0 Å². The number of benzene rings is 1. The van der Waals surface area contributed by atoms with Crippen LogP contribution in [0.1, 0.15) is 24.4 Å². The van der Waals surface area contributed by atoms with Gasteiger partial charge in [-0.2, -0.15) is 0 Å². The molecule has 1 aromatic heterocycles. The number of carbonyl (C=O) groups excluding carboxylic acids is 1. The lowest BCUT2D eigenvalue weighted by atomic mass is 10.1. The van der Waals surface area contributed by atoms with Crippen molar-refractivity contribution in [3.63, 3.8) is 0 Å². The van der Waals surface area contributed by atoms with E-state index in [1.807, 2.05) is 0 Å². The summed E-state index contributed by atoms with van der Waals surface area (Å²) in [5.41, 5.74) is -0.130. The van der Waals surface area contributed by atoms with Crippen molar-refractivity contribution in [2.75, 3.05) is 0 Å².